The van der Waals surface area contributed by atoms with Crippen molar-refractivity contribution in [1.29, 1.82) is 0 Å². The van der Waals surface area contributed by atoms with Crippen LogP contribution in [0, 0.1) is 16.7 Å². The third-order valence-corrected chi connectivity index (χ3v) is 12.9. The molecule has 3 saturated heterocycles. The first-order chi connectivity index (χ1) is 28.5. The lowest BCUT2D eigenvalue weighted by Gasteiger charge is -2.57. The summed E-state index contributed by atoms with van der Waals surface area (Å²) in [6.45, 7) is 22.7. The van der Waals surface area contributed by atoms with E-state index in [1.807, 2.05) is 18.3 Å². The predicted octanol–water partition coefficient (Wildman–Crippen LogP) is 5.83. The monoisotopic (exact) mass is 809 g/mol. The third-order valence-electron chi connectivity index (χ3n) is 12.9. The van der Waals surface area contributed by atoms with Crippen LogP contribution in [0.25, 0.3) is 5.57 Å². The summed E-state index contributed by atoms with van der Waals surface area (Å²) >= 11 is 0. The molecule has 3 aromatic rings. The van der Waals surface area contributed by atoms with E-state index in [2.05, 4.69) is 85.9 Å². The largest absolute Gasteiger partial charge is 0.478 e. The van der Waals surface area contributed by atoms with Crippen LogP contribution in [0.5, 0.6) is 5.88 Å². The summed E-state index contributed by atoms with van der Waals surface area (Å²) < 4.78 is 6.03. The van der Waals surface area contributed by atoms with Crippen LogP contribution < -0.4 is 30.9 Å². The van der Waals surface area contributed by atoms with Crippen molar-refractivity contribution in [3.05, 3.63) is 59.9 Å². The maximum absolute atomic E-state index is 13.0. The molecule has 6 heterocycles. The van der Waals surface area contributed by atoms with Gasteiger partial charge in [-0.1, -0.05) is 40.7 Å². The number of piperazine rings is 1. The lowest BCUT2D eigenvalue weighted by molar-refractivity contribution is -0.0366. The Balaban J connectivity index is 0.767. The van der Waals surface area contributed by atoms with Crippen LogP contribution >= 0.6 is 0 Å². The molecule has 3 aromatic heterocycles. The summed E-state index contributed by atoms with van der Waals surface area (Å²) in [5, 5.41) is 6.73. The predicted molar refractivity (Wildman–Crippen MR) is 236 cm³/mol. The minimum absolute atomic E-state index is 0.0822. The van der Waals surface area contributed by atoms with Crippen LogP contribution in [0.15, 0.2) is 43.0 Å². The maximum atomic E-state index is 13.0. The van der Waals surface area contributed by atoms with Crippen molar-refractivity contribution in [3.63, 3.8) is 0 Å². The number of carbonyl (C=O) groups excluding carboxylic acids is 1. The number of allylic oxidation sites excluding steroid dienone is 1. The molecule has 0 bridgehead atoms. The number of carbonyl (C=O) groups is 1. The lowest BCUT2D eigenvalue weighted by atomic mass is 9.52. The molecule has 4 N–H and O–H groups in total. The first kappa shape index (κ1) is 42.6. The molecule has 0 atom stereocenters. The van der Waals surface area contributed by atoms with Gasteiger partial charge in [-0.2, -0.15) is 0 Å². The highest BCUT2D eigenvalue weighted by Gasteiger charge is 2.53. The average molecular weight is 809 g/mol. The Hall–Kier alpha value is -4.56. The molecule has 0 unspecified atom stereocenters. The van der Waals surface area contributed by atoms with Crippen molar-refractivity contribution < 1.29 is 9.53 Å². The van der Waals surface area contributed by atoms with E-state index in [0.29, 0.717) is 36.3 Å². The Bertz CT molecular complexity index is 1830. The van der Waals surface area contributed by atoms with Crippen LogP contribution in [0.3, 0.4) is 0 Å². The van der Waals surface area contributed by atoms with Gasteiger partial charge < -0.3 is 40.7 Å². The molecule has 59 heavy (non-hydrogen) atoms. The summed E-state index contributed by atoms with van der Waals surface area (Å²) in [4.78, 5) is 46.2. The van der Waals surface area contributed by atoms with Gasteiger partial charge in [-0.15, -0.1) is 0 Å². The minimum Gasteiger partial charge on any atom is -0.478 e. The Labute approximate surface area is 351 Å². The SMILES string of the molecule is CC/C(=C/N)c1nc(NCc2ccc(OCCCN3CCN(CC4CCN(c5ncc(C(=O)NC6C(C)(C)CC6(C)C)cn5)CC4)CC3)nc2)cc(N2CCCCC2)n1. The number of anilines is 3. The lowest BCUT2D eigenvalue weighted by Crippen LogP contribution is -2.63. The summed E-state index contributed by atoms with van der Waals surface area (Å²) in [7, 11) is 0. The van der Waals surface area contributed by atoms with E-state index in [-0.39, 0.29) is 22.8 Å². The summed E-state index contributed by atoms with van der Waals surface area (Å²) in [6, 6.07) is 6.21. The number of pyridine rings is 1. The standard InChI is InChI=1S/C45H68N12O2/c1-6-35(26-46)40-51-37(25-38(52-40)56-16-8-7-9-17-56)47-27-34-11-12-39(48-28-34)59-24-10-15-54-20-22-55(23-21-54)31-33-13-18-57(19-14-33)43-49-29-36(30-50-43)41(58)53-42-44(2,3)32-45(42,4)5/h11-12,25-26,28-30,33,42H,6-10,13-24,27,31-32,46H2,1-5H3,(H,53,58)(H,47,51,52)/b35-26-. The van der Waals surface area contributed by atoms with Crippen molar-refractivity contribution >= 4 is 29.1 Å². The molecule has 4 fully saturated rings. The number of piperidine rings is 2. The van der Waals surface area contributed by atoms with Crippen LogP contribution in [-0.4, -0.2) is 119 Å². The smallest absolute Gasteiger partial charge is 0.254 e. The zero-order chi connectivity index (χ0) is 41.4. The molecule has 320 valence electrons. The number of hydrogen-bond acceptors (Lipinski definition) is 13. The van der Waals surface area contributed by atoms with Crippen LogP contribution in [0.2, 0.25) is 0 Å². The highest BCUT2D eigenvalue weighted by molar-refractivity contribution is 5.94. The number of nitrogens with one attached hydrogen (secondary N) is 2. The molecule has 7 rings (SSSR count). The number of amides is 1. The van der Waals surface area contributed by atoms with Crippen molar-refractivity contribution in [2.45, 2.75) is 98.6 Å². The zero-order valence-electron chi connectivity index (χ0n) is 36.3. The fraction of sp³-hybridized carbons (Fsp3) is 0.644. The molecule has 0 radical (unpaired) electrons. The number of aromatic nitrogens is 5. The second kappa shape index (κ2) is 19.2. The van der Waals surface area contributed by atoms with Crippen molar-refractivity contribution in [1.82, 2.24) is 40.0 Å². The molecule has 0 spiro atoms. The van der Waals surface area contributed by atoms with Crippen molar-refractivity contribution in [3.8, 4) is 5.88 Å². The fourth-order valence-electron chi connectivity index (χ4n) is 9.95. The quantitative estimate of drug-likeness (QED) is 0.149. The van der Waals surface area contributed by atoms with Gasteiger partial charge in [-0.3, -0.25) is 4.79 Å². The van der Waals surface area contributed by atoms with E-state index >= 15 is 0 Å². The van der Waals surface area contributed by atoms with Crippen molar-refractivity contribution in [2.24, 2.45) is 22.5 Å². The van der Waals surface area contributed by atoms with Gasteiger partial charge in [-0.25, -0.2) is 24.9 Å². The molecule has 1 aliphatic carbocycles. The van der Waals surface area contributed by atoms with Gasteiger partial charge in [-0.05, 0) is 73.7 Å². The number of ether oxygens (including phenoxy) is 1. The summed E-state index contributed by atoms with van der Waals surface area (Å²) in [5.41, 5.74) is 8.66. The number of nitrogens with zero attached hydrogens (tertiary/aromatic N) is 9. The first-order valence-corrected chi connectivity index (χ1v) is 22.2. The van der Waals surface area contributed by atoms with Crippen LogP contribution in [-0.2, 0) is 6.54 Å². The molecule has 1 amide bonds. The molecular weight excluding hydrogens is 741 g/mol. The Morgan fingerprint density at radius 3 is 2.24 bits per heavy atom. The number of nitrogens with two attached hydrogens (primary N) is 1. The molecule has 14 nitrogen and oxygen atoms in total. The molecule has 4 aliphatic rings. The fourth-order valence-corrected chi connectivity index (χ4v) is 9.95. The van der Waals surface area contributed by atoms with Gasteiger partial charge in [0.25, 0.3) is 5.91 Å². The van der Waals surface area contributed by atoms with Crippen LogP contribution in [0.1, 0.15) is 108 Å². The number of rotatable bonds is 16. The van der Waals surface area contributed by atoms with Gasteiger partial charge in [0.1, 0.15) is 11.6 Å². The first-order valence-electron chi connectivity index (χ1n) is 22.2. The van der Waals surface area contributed by atoms with Gasteiger partial charge in [0.2, 0.25) is 11.8 Å². The van der Waals surface area contributed by atoms with Gasteiger partial charge in [0, 0.05) is 121 Å². The van der Waals surface area contributed by atoms with E-state index in [4.69, 9.17) is 20.4 Å². The highest BCUT2D eigenvalue weighted by Crippen LogP contribution is 2.53. The van der Waals surface area contributed by atoms with E-state index < -0.39 is 0 Å². The topological polar surface area (TPSA) is 154 Å². The van der Waals surface area contributed by atoms with Gasteiger partial charge in [0.15, 0.2) is 5.82 Å². The Morgan fingerprint density at radius 1 is 0.881 bits per heavy atom. The minimum atomic E-state index is -0.0822. The highest BCUT2D eigenvalue weighted by atomic mass is 16.5. The summed E-state index contributed by atoms with van der Waals surface area (Å²) in [6.07, 6.45) is 15.6. The molecule has 0 aromatic carbocycles. The Kier molecular flexibility index (Phi) is 13.9. The average Bonchev–Trinajstić information content (AvgIpc) is 3.25. The van der Waals surface area contributed by atoms with Gasteiger partial charge in [0.05, 0.1) is 12.2 Å². The van der Waals surface area contributed by atoms with E-state index in [0.717, 1.165) is 126 Å². The van der Waals surface area contributed by atoms with Crippen molar-refractivity contribution in [2.75, 3.05) is 87.2 Å². The van der Waals surface area contributed by atoms with E-state index in [1.54, 1.807) is 18.6 Å². The maximum Gasteiger partial charge on any atom is 0.254 e. The summed E-state index contributed by atoms with van der Waals surface area (Å²) in [5.74, 6) is 4.42. The normalized spacial score (nSPS) is 20.6. The molecule has 14 heteroatoms. The van der Waals surface area contributed by atoms with E-state index in [9.17, 15) is 4.79 Å². The van der Waals surface area contributed by atoms with Gasteiger partial charge >= 0.3 is 0 Å². The molecular formula is C45H68N12O2. The third kappa shape index (κ3) is 11.0. The van der Waals surface area contributed by atoms with E-state index in [1.165, 1.54) is 19.3 Å². The van der Waals surface area contributed by atoms with Crippen LogP contribution in [0.4, 0.5) is 17.6 Å². The Morgan fingerprint density at radius 2 is 1.59 bits per heavy atom. The molecule has 1 saturated carbocycles. The zero-order valence-corrected chi connectivity index (χ0v) is 36.3. The second-order valence-corrected chi connectivity index (χ2v) is 18.5. The second-order valence-electron chi connectivity index (χ2n) is 18.5. The number of hydrogen-bond donors (Lipinski definition) is 3. The molecule has 3 aliphatic heterocycles.